The molecule has 1 aliphatic heterocycles. The first-order valence-corrected chi connectivity index (χ1v) is 6.36. The van der Waals surface area contributed by atoms with Crippen LogP contribution in [-0.4, -0.2) is 30.6 Å². The fraction of sp³-hybridized carbons (Fsp3) is 0.429. The Labute approximate surface area is 112 Å². The molecule has 0 bridgehead atoms. The van der Waals surface area contributed by atoms with Crippen LogP contribution in [0.15, 0.2) is 18.2 Å². The summed E-state index contributed by atoms with van der Waals surface area (Å²) in [5.74, 6) is -1.22. The average molecular weight is 262 g/mol. The summed E-state index contributed by atoms with van der Waals surface area (Å²) in [6.45, 7) is 2.12. The van der Waals surface area contributed by atoms with E-state index in [1.807, 2.05) is 25.2 Å². The van der Waals surface area contributed by atoms with E-state index in [9.17, 15) is 9.59 Å². The highest BCUT2D eigenvalue weighted by Gasteiger charge is 2.27. The molecule has 0 spiro atoms. The monoisotopic (exact) mass is 262 g/mol. The fourth-order valence-corrected chi connectivity index (χ4v) is 2.23. The Hall–Kier alpha value is -2.04. The van der Waals surface area contributed by atoms with Gasteiger partial charge in [0.25, 0.3) is 0 Å². The highest BCUT2D eigenvalue weighted by atomic mass is 16.4. The SMILES string of the molecule is CNc1ccc2c(c1)CC(=O)N2CCC(C)C(=O)O. The summed E-state index contributed by atoms with van der Waals surface area (Å²) in [7, 11) is 1.84. The molecule has 19 heavy (non-hydrogen) atoms. The molecule has 2 N–H and O–H groups in total. The van der Waals surface area contributed by atoms with Gasteiger partial charge in [0.2, 0.25) is 5.91 Å². The number of aliphatic carboxylic acids is 1. The maximum absolute atomic E-state index is 12.0. The molecular weight excluding hydrogens is 244 g/mol. The number of nitrogens with one attached hydrogen (secondary N) is 1. The third-order valence-electron chi connectivity index (χ3n) is 3.51. The van der Waals surface area contributed by atoms with Crippen molar-refractivity contribution in [3.8, 4) is 0 Å². The second-order valence-corrected chi connectivity index (χ2v) is 4.84. The number of anilines is 2. The van der Waals surface area contributed by atoms with Gasteiger partial charge in [-0.2, -0.15) is 0 Å². The van der Waals surface area contributed by atoms with Gasteiger partial charge in [0.1, 0.15) is 0 Å². The summed E-state index contributed by atoms with van der Waals surface area (Å²) in [4.78, 5) is 24.5. The summed E-state index contributed by atoms with van der Waals surface area (Å²) in [6.07, 6.45) is 0.862. The van der Waals surface area contributed by atoms with Gasteiger partial charge in [-0.05, 0) is 30.2 Å². The molecule has 102 valence electrons. The highest BCUT2D eigenvalue weighted by molar-refractivity contribution is 6.01. The van der Waals surface area contributed by atoms with E-state index in [2.05, 4.69) is 5.32 Å². The number of carbonyl (C=O) groups is 2. The first-order valence-electron chi connectivity index (χ1n) is 6.36. The van der Waals surface area contributed by atoms with Crippen LogP contribution in [0.5, 0.6) is 0 Å². The van der Waals surface area contributed by atoms with Gasteiger partial charge < -0.3 is 15.3 Å². The minimum absolute atomic E-state index is 0.0424. The second-order valence-electron chi connectivity index (χ2n) is 4.84. The molecule has 1 atom stereocenters. The molecule has 1 aromatic carbocycles. The van der Waals surface area contributed by atoms with Crippen LogP contribution >= 0.6 is 0 Å². The van der Waals surface area contributed by atoms with Crippen molar-refractivity contribution >= 4 is 23.3 Å². The minimum atomic E-state index is -0.822. The molecule has 0 saturated heterocycles. The molecule has 0 saturated carbocycles. The van der Waals surface area contributed by atoms with Gasteiger partial charge in [-0.1, -0.05) is 6.92 Å². The maximum Gasteiger partial charge on any atom is 0.306 e. The van der Waals surface area contributed by atoms with E-state index in [4.69, 9.17) is 5.11 Å². The molecule has 5 heteroatoms. The number of carboxylic acids is 1. The highest BCUT2D eigenvalue weighted by Crippen LogP contribution is 2.31. The van der Waals surface area contributed by atoms with Crippen molar-refractivity contribution in [3.63, 3.8) is 0 Å². The molecule has 0 aromatic heterocycles. The Morgan fingerprint density at radius 1 is 1.53 bits per heavy atom. The standard InChI is InChI=1S/C14H18N2O3/c1-9(14(18)19)5-6-16-12-4-3-11(15-2)7-10(12)8-13(16)17/h3-4,7,9,15H,5-6,8H2,1-2H3,(H,18,19). The first-order chi connectivity index (χ1) is 9.02. The Balaban J connectivity index is 2.12. The third-order valence-corrected chi connectivity index (χ3v) is 3.51. The van der Waals surface area contributed by atoms with Gasteiger partial charge in [-0.25, -0.2) is 0 Å². The molecule has 5 nitrogen and oxygen atoms in total. The summed E-state index contributed by atoms with van der Waals surface area (Å²) < 4.78 is 0. The van der Waals surface area contributed by atoms with Crippen LogP contribution in [0.2, 0.25) is 0 Å². The Bertz CT molecular complexity index is 513. The maximum atomic E-state index is 12.0. The zero-order chi connectivity index (χ0) is 14.0. The Morgan fingerprint density at radius 2 is 2.26 bits per heavy atom. The normalized spacial score (nSPS) is 15.3. The topological polar surface area (TPSA) is 69.6 Å². The number of nitrogens with zero attached hydrogens (tertiary/aromatic N) is 1. The van der Waals surface area contributed by atoms with Gasteiger partial charge >= 0.3 is 5.97 Å². The Kier molecular flexibility index (Phi) is 3.74. The number of carbonyl (C=O) groups excluding carboxylic acids is 1. The Morgan fingerprint density at radius 3 is 2.89 bits per heavy atom. The fourth-order valence-electron chi connectivity index (χ4n) is 2.23. The lowest BCUT2D eigenvalue weighted by molar-refractivity contribution is -0.141. The van der Waals surface area contributed by atoms with E-state index in [1.54, 1.807) is 11.8 Å². The first kappa shape index (κ1) is 13.4. The van der Waals surface area contributed by atoms with Gasteiger partial charge in [-0.15, -0.1) is 0 Å². The number of fused-ring (bicyclic) bond motifs is 1. The van der Waals surface area contributed by atoms with Gasteiger partial charge in [0.05, 0.1) is 12.3 Å². The molecule has 0 fully saturated rings. The molecule has 1 unspecified atom stereocenters. The van der Waals surface area contributed by atoms with Gasteiger partial charge in [-0.3, -0.25) is 9.59 Å². The summed E-state index contributed by atoms with van der Waals surface area (Å²) in [6, 6.07) is 5.80. The van der Waals surface area contributed by atoms with E-state index in [0.717, 1.165) is 16.9 Å². The zero-order valence-electron chi connectivity index (χ0n) is 11.1. The zero-order valence-corrected chi connectivity index (χ0v) is 11.1. The van der Waals surface area contributed by atoms with Gasteiger partial charge in [0, 0.05) is 25.0 Å². The van der Waals surface area contributed by atoms with Crippen LogP contribution in [-0.2, 0) is 16.0 Å². The van der Waals surface area contributed by atoms with Crippen molar-refractivity contribution in [2.45, 2.75) is 19.8 Å². The van der Waals surface area contributed by atoms with Crippen LogP contribution < -0.4 is 10.2 Å². The molecule has 1 aliphatic rings. The van der Waals surface area contributed by atoms with Crippen molar-refractivity contribution in [2.24, 2.45) is 5.92 Å². The molecule has 2 rings (SSSR count). The van der Waals surface area contributed by atoms with E-state index in [-0.39, 0.29) is 5.91 Å². The van der Waals surface area contributed by atoms with E-state index in [1.165, 1.54) is 0 Å². The predicted octanol–water partition coefficient (Wildman–Crippen LogP) is 1.73. The van der Waals surface area contributed by atoms with Crippen molar-refractivity contribution in [2.75, 3.05) is 23.8 Å². The summed E-state index contributed by atoms with van der Waals surface area (Å²) >= 11 is 0. The van der Waals surface area contributed by atoms with Crippen LogP contribution in [0.3, 0.4) is 0 Å². The van der Waals surface area contributed by atoms with Crippen LogP contribution in [0.25, 0.3) is 0 Å². The van der Waals surface area contributed by atoms with E-state index >= 15 is 0 Å². The van der Waals surface area contributed by atoms with Crippen molar-refractivity contribution < 1.29 is 14.7 Å². The molecule has 1 aromatic rings. The summed E-state index contributed by atoms with van der Waals surface area (Å²) in [5, 5.41) is 11.9. The average Bonchev–Trinajstić information content (AvgIpc) is 2.70. The lowest BCUT2D eigenvalue weighted by Gasteiger charge is -2.18. The van der Waals surface area contributed by atoms with E-state index in [0.29, 0.717) is 19.4 Å². The lowest BCUT2D eigenvalue weighted by atomic mass is 10.1. The molecule has 0 aliphatic carbocycles. The van der Waals surface area contributed by atoms with Crippen molar-refractivity contribution in [3.05, 3.63) is 23.8 Å². The smallest absolute Gasteiger partial charge is 0.306 e. The second kappa shape index (κ2) is 5.30. The number of hydrogen-bond donors (Lipinski definition) is 2. The number of benzene rings is 1. The minimum Gasteiger partial charge on any atom is -0.481 e. The van der Waals surface area contributed by atoms with Crippen LogP contribution in [0.1, 0.15) is 18.9 Å². The van der Waals surface area contributed by atoms with Crippen LogP contribution in [0.4, 0.5) is 11.4 Å². The number of rotatable bonds is 5. The molecule has 0 radical (unpaired) electrons. The van der Waals surface area contributed by atoms with E-state index < -0.39 is 11.9 Å². The van der Waals surface area contributed by atoms with Crippen LogP contribution in [0, 0.1) is 5.92 Å². The van der Waals surface area contributed by atoms with Crippen molar-refractivity contribution in [1.82, 2.24) is 0 Å². The number of carboxylic acid groups (broad SMARTS) is 1. The summed E-state index contributed by atoms with van der Waals surface area (Å²) in [5.41, 5.74) is 2.88. The van der Waals surface area contributed by atoms with Crippen molar-refractivity contribution in [1.29, 1.82) is 0 Å². The number of amides is 1. The molecule has 1 amide bonds. The van der Waals surface area contributed by atoms with Gasteiger partial charge in [0.15, 0.2) is 0 Å². The molecule has 1 heterocycles. The largest absolute Gasteiger partial charge is 0.481 e. The molecular formula is C14H18N2O3. The third kappa shape index (κ3) is 2.70. The quantitative estimate of drug-likeness (QED) is 0.848. The number of hydrogen-bond acceptors (Lipinski definition) is 3. The predicted molar refractivity (Wildman–Crippen MR) is 73.5 cm³/mol. The lowest BCUT2D eigenvalue weighted by Crippen LogP contribution is -2.29.